The number of carbonyl (C=O) groups excluding carboxylic acids is 1. The van der Waals surface area contributed by atoms with E-state index in [1.807, 2.05) is 6.92 Å². The topological polar surface area (TPSA) is 38.7 Å². The molecule has 136 valence electrons. The Hall–Kier alpha value is -0.643. The molecule has 0 bridgehead atoms. The van der Waals surface area contributed by atoms with Crippen molar-refractivity contribution in [2.24, 2.45) is 4.99 Å². The molecular weight excluding hydrogens is 302 g/mol. The lowest BCUT2D eigenvalue weighted by Gasteiger charge is -2.14. The van der Waals surface area contributed by atoms with Crippen LogP contribution in [0.2, 0.25) is 25.7 Å². The zero-order valence-electron chi connectivity index (χ0n) is 16.2. The van der Waals surface area contributed by atoms with Gasteiger partial charge in [0.05, 0.1) is 6.61 Å². The second kappa shape index (κ2) is 13.8. The van der Waals surface area contributed by atoms with Gasteiger partial charge in [-0.3, -0.25) is 9.79 Å². The lowest BCUT2D eigenvalue weighted by Crippen LogP contribution is -2.20. The van der Waals surface area contributed by atoms with Crippen molar-refractivity contribution in [2.75, 3.05) is 13.2 Å². The molecule has 23 heavy (non-hydrogen) atoms. The fourth-order valence-corrected chi connectivity index (χ4v) is 3.18. The van der Waals surface area contributed by atoms with Gasteiger partial charge in [-0.1, -0.05) is 45.8 Å². The Kier molecular flexibility index (Phi) is 13.4. The van der Waals surface area contributed by atoms with Crippen LogP contribution in [0, 0.1) is 0 Å². The lowest BCUT2D eigenvalue weighted by molar-refractivity contribution is -0.143. The minimum atomic E-state index is -0.973. The van der Waals surface area contributed by atoms with Crippen LogP contribution in [0.3, 0.4) is 0 Å². The summed E-state index contributed by atoms with van der Waals surface area (Å²) in [5.41, 5.74) is 1.43. The number of esters is 1. The molecule has 0 heterocycles. The van der Waals surface area contributed by atoms with E-state index in [4.69, 9.17) is 9.73 Å². The third-order valence-corrected chi connectivity index (χ3v) is 5.64. The van der Waals surface area contributed by atoms with E-state index >= 15 is 0 Å². The maximum atomic E-state index is 11.3. The van der Waals surface area contributed by atoms with Crippen LogP contribution in [0.25, 0.3) is 0 Å². The van der Waals surface area contributed by atoms with Gasteiger partial charge in [0.25, 0.3) is 0 Å². The van der Waals surface area contributed by atoms with Crippen LogP contribution in [0.1, 0.15) is 71.6 Å². The molecule has 0 rings (SSSR count). The molecule has 0 spiro atoms. The van der Waals surface area contributed by atoms with Crippen LogP contribution >= 0.6 is 0 Å². The molecule has 0 radical (unpaired) electrons. The predicted molar refractivity (Wildman–Crippen MR) is 104 cm³/mol. The molecule has 0 aliphatic carbocycles. The molecule has 3 nitrogen and oxygen atoms in total. The van der Waals surface area contributed by atoms with E-state index in [1.54, 1.807) is 0 Å². The van der Waals surface area contributed by atoms with Crippen molar-refractivity contribution in [3.8, 4) is 0 Å². The van der Waals surface area contributed by atoms with E-state index in [9.17, 15) is 4.79 Å². The highest BCUT2D eigenvalue weighted by molar-refractivity contribution is 6.76. The standard InChI is InChI=1S/C19H39NO2Si/c1-6-8-13-18(20-16-17-23(3,4)5)14-11-9-10-12-15-19(21)22-7-2/h6-17H2,1-5H3. The fourth-order valence-electron chi connectivity index (χ4n) is 2.40. The molecule has 0 aromatic rings. The molecule has 0 saturated carbocycles. The molecule has 0 unspecified atom stereocenters. The Labute approximate surface area is 145 Å². The second-order valence-electron chi connectivity index (χ2n) is 7.58. The number of carbonyl (C=O) groups is 1. The SMILES string of the molecule is CCCCC(CCCCCCC(=O)OCC)=NCC[Si](C)(C)C. The monoisotopic (exact) mass is 341 g/mol. The van der Waals surface area contributed by atoms with E-state index in [1.165, 1.54) is 43.9 Å². The van der Waals surface area contributed by atoms with Gasteiger partial charge in [0.2, 0.25) is 0 Å². The number of rotatable bonds is 14. The smallest absolute Gasteiger partial charge is 0.305 e. The van der Waals surface area contributed by atoms with Gasteiger partial charge >= 0.3 is 5.97 Å². The third kappa shape index (κ3) is 16.0. The second-order valence-corrected chi connectivity index (χ2v) is 13.2. The van der Waals surface area contributed by atoms with Crippen LogP contribution in [0.4, 0.5) is 0 Å². The number of ether oxygens (including phenoxy) is 1. The van der Waals surface area contributed by atoms with Gasteiger partial charge < -0.3 is 4.74 Å². The average molecular weight is 342 g/mol. The summed E-state index contributed by atoms with van der Waals surface area (Å²) in [5, 5.41) is 0. The molecule has 4 heteroatoms. The predicted octanol–water partition coefficient (Wildman–Crippen LogP) is 5.86. The molecular formula is C19H39NO2Si. The van der Waals surface area contributed by atoms with Crippen molar-refractivity contribution in [1.82, 2.24) is 0 Å². The van der Waals surface area contributed by atoms with Gasteiger partial charge in [0.15, 0.2) is 0 Å². The summed E-state index contributed by atoms with van der Waals surface area (Å²) >= 11 is 0. The Bertz CT molecular complexity index is 335. The first-order chi connectivity index (χ1) is 10.9. The van der Waals surface area contributed by atoms with Gasteiger partial charge in [0.1, 0.15) is 0 Å². The summed E-state index contributed by atoms with van der Waals surface area (Å²) in [6.45, 7) is 12.9. The van der Waals surface area contributed by atoms with E-state index in [0.29, 0.717) is 13.0 Å². The Morgan fingerprint density at radius 1 is 0.913 bits per heavy atom. The van der Waals surface area contributed by atoms with Crippen molar-refractivity contribution in [3.63, 3.8) is 0 Å². The normalized spacial score (nSPS) is 12.5. The highest BCUT2D eigenvalue weighted by Crippen LogP contribution is 2.12. The molecule has 0 atom stereocenters. The minimum absolute atomic E-state index is 0.0518. The number of nitrogens with zero attached hydrogens (tertiary/aromatic N) is 1. The first-order valence-corrected chi connectivity index (χ1v) is 13.3. The summed E-state index contributed by atoms with van der Waals surface area (Å²) in [6.07, 6.45) is 9.86. The first kappa shape index (κ1) is 22.4. The zero-order valence-corrected chi connectivity index (χ0v) is 17.2. The van der Waals surface area contributed by atoms with Gasteiger partial charge in [-0.15, -0.1) is 0 Å². The van der Waals surface area contributed by atoms with Gasteiger partial charge in [-0.05, 0) is 45.1 Å². The number of unbranched alkanes of at least 4 members (excludes halogenated alkanes) is 4. The molecule has 0 amide bonds. The first-order valence-electron chi connectivity index (χ1n) is 9.57. The third-order valence-electron chi connectivity index (χ3n) is 3.92. The fraction of sp³-hybridized carbons (Fsp3) is 0.895. The Balaban J connectivity index is 3.91. The maximum Gasteiger partial charge on any atom is 0.305 e. The molecule has 0 aliphatic rings. The highest BCUT2D eigenvalue weighted by atomic mass is 28.3. The molecule has 0 aliphatic heterocycles. The van der Waals surface area contributed by atoms with Gasteiger partial charge in [0, 0.05) is 26.8 Å². The Morgan fingerprint density at radius 2 is 1.52 bits per heavy atom. The quantitative estimate of drug-likeness (QED) is 0.172. The number of hydrogen-bond acceptors (Lipinski definition) is 3. The number of aliphatic imine (C=N–C) groups is 1. The van der Waals surface area contributed by atoms with Crippen LogP contribution in [0.15, 0.2) is 4.99 Å². The van der Waals surface area contributed by atoms with Crippen LogP contribution < -0.4 is 0 Å². The average Bonchev–Trinajstić information content (AvgIpc) is 2.46. The number of hydrogen-bond donors (Lipinski definition) is 0. The van der Waals surface area contributed by atoms with Crippen molar-refractivity contribution in [2.45, 2.75) is 97.3 Å². The van der Waals surface area contributed by atoms with Crippen molar-refractivity contribution in [1.29, 1.82) is 0 Å². The molecule has 0 fully saturated rings. The Morgan fingerprint density at radius 3 is 2.09 bits per heavy atom. The summed E-state index contributed by atoms with van der Waals surface area (Å²) in [6, 6.07) is 1.29. The van der Waals surface area contributed by atoms with E-state index in [0.717, 1.165) is 25.8 Å². The summed E-state index contributed by atoms with van der Waals surface area (Å²) < 4.78 is 4.95. The molecule has 0 aromatic carbocycles. The summed E-state index contributed by atoms with van der Waals surface area (Å²) in [4.78, 5) is 16.2. The van der Waals surface area contributed by atoms with Crippen molar-refractivity contribution < 1.29 is 9.53 Å². The molecule has 0 N–H and O–H groups in total. The van der Waals surface area contributed by atoms with E-state index in [2.05, 4.69) is 26.6 Å². The van der Waals surface area contributed by atoms with E-state index < -0.39 is 8.07 Å². The van der Waals surface area contributed by atoms with Gasteiger partial charge in [-0.2, -0.15) is 0 Å². The molecule has 0 aromatic heterocycles. The molecule has 0 saturated heterocycles. The van der Waals surface area contributed by atoms with Crippen molar-refractivity contribution in [3.05, 3.63) is 0 Å². The zero-order chi connectivity index (χ0) is 17.6. The summed E-state index contributed by atoms with van der Waals surface area (Å²) in [5.74, 6) is -0.0518. The van der Waals surface area contributed by atoms with Crippen LogP contribution in [-0.2, 0) is 9.53 Å². The van der Waals surface area contributed by atoms with Crippen LogP contribution in [0.5, 0.6) is 0 Å². The summed E-state index contributed by atoms with van der Waals surface area (Å²) in [7, 11) is -0.973. The minimum Gasteiger partial charge on any atom is -0.466 e. The van der Waals surface area contributed by atoms with Gasteiger partial charge in [-0.25, -0.2) is 0 Å². The maximum absolute atomic E-state index is 11.3. The van der Waals surface area contributed by atoms with E-state index in [-0.39, 0.29) is 5.97 Å². The van der Waals surface area contributed by atoms with Crippen molar-refractivity contribution >= 4 is 19.8 Å². The highest BCUT2D eigenvalue weighted by Gasteiger charge is 2.11. The largest absolute Gasteiger partial charge is 0.466 e. The lowest BCUT2D eigenvalue weighted by atomic mass is 10.0. The van der Waals surface area contributed by atoms with Crippen LogP contribution in [-0.4, -0.2) is 32.9 Å².